The lowest BCUT2D eigenvalue weighted by molar-refractivity contribution is -0.384. The largest absolute Gasteiger partial charge is 0.477 e. The maximum Gasteiger partial charge on any atom is 0.342 e. The summed E-state index contributed by atoms with van der Waals surface area (Å²) in [5.41, 5.74) is 0.312. The van der Waals surface area contributed by atoms with Gasteiger partial charge in [0.15, 0.2) is 0 Å². The average Bonchev–Trinajstić information content (AvgIpc) is 3.08. The Kier molecular flexibility index (Phi) is 6.12. The van der Waals surface area contributed by atoms with E-state index in [0.29, 0.717) is 16.3 Å². The van der Waals surface area contributed by atoms with Crippen LogP contribution in [0.4, 0.5) is 5.69 Å². The molecule has 0 fully saturated rings. The van der Waals surface area contributed by atoms with Gasteiger partial charge < -0.3 is 5.11 Å². The zero-order chi connectivity index (χ0) is 20.1. The van der Waals surface area contributed by atoms with Gasteiger partial charge in [-0.05, 0) is 48.5 Å². The van der Waals surface area contributed by atoms with E-state index in [9.17, 15) is 20.0 Å². The number of carboxylic acid groups (broad SMARTS) is 1. The Hall–Kier alpha value is -3.11. The van der Waals surface area contributed by atoms with Crippen LogP contribution in [-0.4, -0.2) is 31.2 Å². The molecule has 3 aromatic rings. The molecule has 3 rings (SSSR count). The van der Waals surface area contributed by atoms with Gasteiger partial charge in [0.25, 0.3) is 5.69 Å². The molecule has 28 heavy (non-hydrogen) atoms. The number of benzene rings is 2. The van der Waals surface area contributed by atoms with Crippen LogP contribution < -0.4 is 0 Å². The normalized spacial score (nSPS) is 11.4. The predicted octanol–water partition coefficient (Wildman–Crippen LogP) is 4.39. The molecule has 0 aliphatic heterocycles. The van der Waals surface area contributed by atoms with E-state index in [1.165, 1.54) is 30.0 Å². The molecule has 10 heteroatoms. The van der Waals surface area contributed by atoms with Crippen molar-refractivity contribution < 1.29 is 14.8 Å². The van der Waals surface area contributed by atoms with Gasteiger partial charge in [-0.3, -0.25) is 15.2 Å². The molecule has 0 amide bonds. The number of carboxylic acids is 1. The number of nitro benzene ring substituents is 1. The Balaban J connectivity index is 2.02. The van der Waals surface area contributed by atoms with Crippen molar-refractivity contribution >= 4 is 41.3 Å². The molecule has 0 saturated heterocycles. The number of non-ortho nitro benzene ring substituents is 1. The smallest absolute Gasteiger partial charge is 0.342 e. The van der Waals surface area contributed by atoms with Crippen LogP contribution in [0.2, 0.25) is 0 Å². The van der Waals surface area contributed by atoms with E-state index in [1.807, 2.05) is 30.3 Å². The van der Waals surface area contributed by atoms with Gasteiger partial charge in [-0.25, -0.2) is 9.78 Å². The quantitative estimate of drug-likeness (QED) is 0.253. The molecule has 2 aromatic carbocycles. The highest BCUT2D eigenvalue weighted by molar-refractivity contribution is 8.04. The van der Waals surface area contributed by atoms with E-state index in [1.54, 1.807) is 13.0 Å². The van der Waals surface area contributed by atoms with E-state index in [0.717, 1.165) is 16.7 Å². The van der Waals surface area contributed by atoms with Gasteiger partial charge in [0.2, 0.25) is 5.16 Å². The number of aromatic nitrogens is 3. The fourth-order valence-electron chi connectivity index (χ4n) is 2.21. The molecule has 0 radical (unpaired) electrons. The van der Waals surface area contributed by atoms with Crippen molar-refractivity contribution in [3.8, 4) is 0 Å². The number of H-pyrrole nitrogens is 1. The number of hydrogen-bond acceptors (Lipinski definition) is 7. The Morgan fingerprint density at radius 3 is 2.61 bits per heavy atom. The molecule has 8 nitrogen and oxygen atoms in total. The van der Waals surface area contributed by atoms with Crippen LogP contribution in [0.25, 0.3) is 6.08 Å². The Bertz CT molecular complexity index is 1050. The van der Waals surface area contributed by atoms with Gasteiger partial charge in [0, 0.05) is 21.9 Å². The number of carbonyl (C=O) groups is 1. The van der Waals surface area contributed by atoms with Crippen LogP contribution in [0.3, 0.4) is 0 Å². The lowest BCUT2D eigenvalue weighted by atomic mass is 10.2. The molecule has 0 saturated carbocycles. The van der Waals surface area contributed by atoms with Gasteiger partial charge in [-0.15, -0.1) is 5.10 Å². The third kappa shape index (κ3) is 4.99. The maximum atomic E-state index is 11.7. The van der Waals surface area contributed by atoms with Gasteiger partial charge >= 0.3 is 5.97 Å². The Morgan fingerprint density at radius 1 is 1.25 bits per heavy atom. The fraction of sp³-hybridized carbons (Fsp3) is 0.0556. The SMILES string of the molecule is Cc1nc(S/C(=C/c2cc([N+](=O)[O-])ccc2Sc2ccccc2)C(=O)O)n[nH]1. The first kappa shape index (κ1) is 19.6. The van der Waals surface area contributed by atoms with Gasteiger partial charge in [0.05, 0.1) is 4.92 Å². The van der Waals surface area contributed by atoms with Crippen molar-refractivity contribution in [2.24, 2.45) is 0 Å². The summed E-state index contributed by atoms with van der Waals surface area (Å²) in [6.07, 6.45) is 1.40. The minimum Gasteiger partial charge on any atom is -0.477 e. The van der Waals surface area contributed by atoms with Gasteiger partial charge in [0.1, 0.15) is 10.7 Å². The molecule has 1 aromatic heterocycles. The number of hydrogen-bond donors (Lipinski definition) is 2. The van der Waals surface area contributed by atoms with Crippen molar-refractivity contribution in [1.82, 2.24) is 15.2 Å². The summed E-state index contributed by atoms with van der Waals surface area (Å²) in [5, 5.41) is 27.6. The van der Waals surface area contributed by atoms with Crippen molar-refractivity contribution in [1.29, 1.82) is 0 Å². The summed E-state index contributed by atoms with van der Waals surface area (Å²) in [6, 6.07) is 13.8. The van der Waals surface area contributed by atoms with Crippen molar-refractivity contribution in [2.75, 3.05) is 0 Å². The van der Waals surface area contributed by atoms with Crippen molar-refractivity contribution in [3.05, 3.63) is 74.9 Å². The van der Waals surface area contributed by atoms with E-state index in [4.69, 9.17) is 0 Å². The van der Waals surface area contributed by atoms with Crippen molar-refractivity contribution in [2.45, 2.75) is 21.9 Å². The summed E-state index contributed by atoms with van der Waals surface area (Å²) in [6.45, 7) is 1.70. The van der Waals surface area contributed by atoms with Crippen LogP contribution in [0.15, 0.2) is 68.4 Å². The molecule has 0 spiro atoms. The molecule has 0 aliphatic rings. The lowest BCUT2D eigenvalue weighted by Gasteiger charge is -2.07. The van der Waals surface area contributed by atoms with Crippen LogP contribution in [0.1, 0.15) is 11.4 Å². The molecule has 0 unspecified atom stereocenters. The highest BCUT2D eigenvalue weighted by Crippen LogP contribution is 2.35. The molecule has 0 atom stereocenters. The second-order valence-corrected chi connectivity index (χ2v) is 7.64. The highest BCUT2D eigenvalue weighted by atomic mass is 32.2. The molecular weight excluding hydrogens is 400 g/mol. The minimum atomic E-state index is -1.17. The summed E-state index contributed by atoms with van der Waals surface area (Å²) in [7, 11) is 0. The summed E-state index contributed by atoms with van der Waals surface area (Å²) < 4.78 is 0. The van der Waals surface area contributed by atoms with Crippen molar-refractivity contribution in [3.63, 3.8) is 0 Å². The monoisotopic (exact) mass is 414 g/mol. The molecular formula is C18H14N4O4S2. The number of nitro groups is 1. The third-order valence-electron chi connectivity index (χ3n) is 3.45. The Morgan fingerprint density at radius 2 is 2.00 bits per heavy atom. The van der Waals surface area contributed by atoms with Crippen LogP contribution in [0.5, 0.6) is 0 Å². The topological polar surface area (TPSA) is 122 Å². The standard InChI is InChI=1S/C18H14N4O4S2/c1-11-19-18(21-20-11)28-16(17(23)24)10-12-9-13(22(25)26)7-8-15(12)27-14-5-3-2-4-6-14/h2-10H,1H3,(H,23,24)(H,19,20,21)/b16-10+. The maximum absolute atomic E-state index is 11.7. The molecule has 142 valence electrons. The molecule has 0 aliphatic carbocycles. The molecule has 0 bridgehead atoms. The summed E-state index contributed by atoms with van der Waals surface area (Å²) in [5.74, 6) is -0.613. The number of aliphatic carboxylic acids is 1. The van der Waals surface area contributed by atoms with Crippen LogP contribution >= 0.6 is 23.5 Å². The van der Waals surface area contributed by atoms with Gasteiger partial charge in [-0.1, -0.05) is 30.0 Å². The first-order valence-electron chi connectivity index (χ1n) is 7.95. The minimum absolute atomic E-state index is 0.0468. The van der Waals surface area contributed by atoms with Crippen LogP contribution in [-0.2, 0) is 4.79 Å². The second-order valence-electron chi connectivity index (χ2n) is 5.51. The number of aryl methyl sites for hydroxylation is 1. The Labute approximate surface area is 168 Å². The first-order chi connectivity index (χ1) is 13.4. The highest BCUT2D eigenvalue weighted by Gasteiger charge is 2.16. The molecule has 2 N–H and O–H groups in total. The average molecular weight is 414 g/mol. The second kappa shape index (κ2) is 8.72. The first-order valence-corrected chi connectivity index (χ1v) is 9.59. The number of nitrogens with one attached hydrogen (secondary N) is 1. The van der Waals surface area contributed by atoms with Gasteiger partial charge in [-0.2, -0.15) is 0 Å². The van der Waals surface area contributed by atoms with E-state index in [2.05, 4.69) is 15.2 Å². The summed E-state index contributed by atoms with van der Waals surface area (Å²) in [4.78, 5) is 28.0. The van der Waals surface area contributed by atoms with E-state index in [-0.39, 0.29) is 15.7 Å². The third-order valence-corrected chi connectivity index (χ3v) is 5.43. The number of nitrogens with zero attached hydrogens (tertiary/aromatic N) is 3. The number of aromatic amines is 1. The molecule has 1 heterocycles. The zero-order valence-electron chi connectivity index (χ0n) is 14.5. The van der Waals surface area contributed by atoms with E-state index >= 15 is 0 Å². The predicted molar refractivity (Wildman–Crippen MR) is 106 cm³/mol. The summed E-state index contributed by atoms with van der Waals surface area (Å²) >= 11 is 2.26. The lowest BCUT2D eigenvalue weighted by Crippen LogP contribution is -1.98. The fourth-order valence-corrected chi connectivity index (χ4v) is 3.88. The van der Waals surface area contributed by atoms with Crippen LogP contribution in [0, 0.1) is 17.0 Å². The number of rotatable bonds is 7. The zero-order valence-corrected chi connectivity index (χ0v) is 16.2. The number of thioether (sulfide) groups is 1. The van der Waals surface area contributed by atoms with E-state index < -0.39 is 10.9 Å².